The third-order valence-electron chi connectivity index (χ3n) is 2.40. The number of pyridine rings is 1. The summed E-state index contributed by atoms with van der Waals surface area (Å²) in [7, 11) is 0. The van der Waals surface area contributed by atoms with Crippen LogP contribution in [0.3, 0.4) is 0 Å². The summed E-state index contributed by atoms with van der Waals surface area (Å²) in [6, 6.07) is 3.84. The Kier molecular flexibility index (Phi) is 2.61. The predicted molar refractivity (Wildman–Crippen MR) is 56.5 cm³/mol. The van der Waals surface area contributed by atoms with Crippen molar-refractivity contribution in [1.82, 2.24) is 4.98 Å². The first kappa shape index (κ1) is 12.2. The number of carboxylic acids is 1. The molecule has 0 bridgehead atoms. The number of nitrogens with one attached hydrogen (secondary N) is 1. The van der Waals surface area contributed by atoms with Gasteiger partial charge in [0.05, 0.1) is 11.1 Å². The van der Waals surface area contributed by atoms with E-state index in [1.807, 2.05) is 0 Å². The highest BCUT2D eigenvalue weighted by Crippen LogP contribution is 2.33. The van der Waals surface area contributed by atoms with Crippen LogP contribution in [0.1, 0.15) is 16.1 Å². The number of benzene rings is 1. The molecule has 0 fully saturated rings. The SMILES string of the molecule is O=C(O)c1cc(=O)c2cccc(C(F)(F)F)c2[nH]1. The fraction of sp³-hybridized carbons (Fsp3) is 0.0909. The Morgan fingerprint density at radius 2 is 1.94 bits per heavy atom. The first-order valence-electron chi connectivity index (χ1n) is 4.77. The third-order valence-corrected chi connectivity index (χ3v) is 2.40. The van der Waals surface area contributed by atoms with E-state index in [2.05, 4.69) is 4.98 Å². The third kappa shape index (κ3) is 1.94. The van der Waals surface area contributed by atoms with Gasteiger partial charge in [-0.3, -0.25) is 4.79 Å². The number of alkyl halides is 3. The van der Waals surface area contributed by atoms with Gasteiger partial charge in [0.15, 0.2) is 5.43 Å². The van der Waals surface area contributed by atoms with Crippen molar-refractivity contribution in [2.24, 2.45) is 0 Å². The summed E-state index contributed by atoms with van der Waals surface area (Å²) in [6.07, 6.45) is -4.67. The molecule has 0 spiro atoms. The number of H-pyrrole nitrogens is 1. The zero-order valence-electron chi connectivity index (χ0n) is 8.71. The number of hydrogen-bond donors (Lipinski definition) is 2. The van der Waals surface area contributed by atoms with Crippen molar-refractivity contribution in [3.8, 4) is 0 Å². The van der Waals surface area contributed by atoms with Gasteiger partial charge in [-0.05, 0) is 12.1 Å². The van der Waals surface area contributed by atoms with Crippen LogP contribution in [0.15, 0.2) is 29.1 Å². The number of para-hydroxylation sites is 1. The molecule has 7 heteroatoms. The van der Waals surface area contributed by atoms with Crippen molar-refractivity contribution in [1.29, 1.82) is 0 Å². The molecule has 0 aliphatic heterocycles. The number of aromatic amines is 1. The zero-order valence-corrected chi connectivity index (χ0v) is 8.71. The van der Waals surface area contributed by atoms with Gasteiger partial charge in [0.25, 0.3) is 0 Å². The van der Waals surface area contributed by atoms with E-state index >= 15 is 0 Å². The lowest BCUT2D eigenvalue weighted by Gasteiger charge is -2.10. The van der Waals surface area contributed by atoms with E-state index in [-0.39, 0.29) is 5.39 Å². The smallest absolute Gasteiger partial charge is 0.418 e. The van der Waals surface area contributed by atoms with Gasteiger partial charge in [0.1, 0.15) is 5.69 Å². The average molecular weight is 257 g/mol. The molecule has 0 saturated heterocycles. The molecule has 0 saturated carbocycles. The summed E-state index contributed by atoms with van der Waals surface area (Å²) in [5.74, 6) is -1.49. The highest BCUT2D eigenvalue weighted by molar-refractivity contribution is 5.90. The molecule has 0 aliphatic rings. The van der Waals surface area contributed by atoms with Crippen molar-refractivity contribution in [2.75, 3.05) is 0 Å². The monoisotopic (exact) mass is 257 g/mol. The van der Waals surface area contributed by atoms with E-state index in [0.717, 1.165) is 18.2 Å². The molecular formula is C11H6F3NO3. The lowest BCUT2D eigenvalue weighted by Crippen LogP contribution is -2.13. The molecule has 0 radical (unpaired) electrons. The van der Waals surface area contributed by atoms with Crippen LogP contribution < -0.4 is 5.43 Å². The van der Waals surface area contributed by atoms with Crippen molar-refractivity contribution < 1.29 is 23.1 Å². The van der Waals surface area contributed by atoms with Gasteiger partial charge in [-0.25, -0.2) is 4.79 Å². The molecule has 1 aromatic carbocycles. The Morgan fingerprint density at radius 3 is 2.50 bits per heavy atom. The fourth-order valence-corrected chi connectivity index (χ4v) is 1.62. The second-order valence-electron chi connectivity index (χ2n) is 3.58. The van der Waals surface area contributed by atoms with E-state index < -0.39 is 34.3 Å². The van der Waals surface area contributed by atoms with E-state index in [1.54, 1.807) is 0 Å². The molecule has 4 nitrogen and oxygen atoms in total. The molecule has 0 amide bonds. The average Bonchev–Trinajstić information content (AvgIpc) is 2.26. The predicted octanol–water partition coefficient (Wildman–Crippen LogP) is 2.25. The second kappa shape index (κ2) is 3.86. The van der Waals surface area contributed by atoms with Gasteiger partial charge in [0.2, 0.25) is 0 Å². The highest BCUT2D eigenvalue weighted by atomic mass is 19.4. The van der Waals surface area contributed by atoms with Crippen LogP contribution in [-0.4, -0.2) is 16.1 Å². The number of aromatic nitrogens is 1. The summed E-state index contributed by atoms with van der Waals surface area (Å²) in [5, 5.41) is 8.51. The lowest BCUT2D eigenvalue weighted by atomic mass is 10.1. The van der Waals surface area contributed by atoms with Crippen LogP contribution in [-0.2, 0) is 6.18 Å². The molecule has 0 atom stereocenters. The number of fused-ring (bicyclic) bond motifs is 1. The molecule has 1 aromatic heterocycles. The van der Waals surface area contributed by atoms with E-state index in [0.29, 0.717) is 0 Å². The first-order valence-corrected chi connectivity index (χ1v) is 4.77. The van der Waals surface area contributed by atoms with Crippen LogP contribution in [0.5, 0.6) is 0 Å². The topological polar surface area (TPSA) is 70.2 Å². The molecule has 1 heterocycles. The van der Waals surface area contributed by atoms with Gasteiger partial charge in [-0.2, -0.15) is 13.2 Å². The van der Waals surface area contributed by atoms with Crippen molar-refractivity contribution in [2.45, 2.75) is 6.18 Å². The Hall–Kier alpha value is -2.31. The number of aromatic carboxylic acids is 1. The molecular weight excluding hydrogens is 251 g/mol. The zero-order chi connectivity index (χ0) is 13.5. The normalized spacial score (nSPS) is 11.7. The maximum Gasteiger partial charge on any atom is 0.418 e. The minimum absolute atomic E-state index is 0.199. The van der Waals surface area contributed by atoms with Gasteiger partial charge < -0.3 is 10.1 Å². The first-order chi connectivity index (χ1) is 8.30. The number of carboxylic acid groups (broad SMARTS) is 1. The molecule has 2 rings (SSSR count). The number of carbonyl (C=O) groups is 1. The largest absolute Gasteiger partial charge is 0.477 e. The van der Waals surface area contributed by atoms with Crippen LogP contribution in [0.25, 0.3) is 10.9 Å². The molecule has 0 unspecified atom stereocenters. The molecule has 0 aliphatic carbocycles. The standard InChI is InChI=1S/C11H6F3NO3/c12-11(13,14)6-3-1-2-5-8(16)4-7(10(17)18)15-9(5)6/h1-4H,(H,15,16)(H,17,18). The molecule has 94 valence electrons. The van der Waals surface area contributed by atoms with Crippen LogP contribution in [0.2, 0.25) is 0 Å². The summed E-state index contributed by atoms with van der Waals surface area (Å²) >= 11 is 0. The summed E-state index contributed by atoms with van der Waals surface area (Å²) in [6.45, 7) is 0. The molecule has 2 aromatic rings. The minimum Gasteiger partial charge on any atom is -0.477 e. The van der Waals surface area contributed by atoms with Crippen molar-refractivity contribution in [3.05, 3.63) is 45.7 Å². The maximum absolute atomic E-state index is 12.7. The highest BCUT2D eigenvalue weighted by Gasteiger charge is 2.33. The van der Waals surface area contributed by atoms with E-state index in [9.17, 15) is 22.8 Å². The maximum atomic E-state index is 12.7. The molecule has 2 N–H and O–H groups in total. The Labute approximate surface area is 97.7 Å². The van der Waals surface area contributed by atoms with Crippen LogP contribution in [0.4, 0.5) is 13.2 Å². The Balaban J connectivity index is 2.91. The van der Waals surface area contributed by atoms with Gasteiger partial charge >= 0.3 is 12.1 Å². The number of hydrogen-bond acceptors (Lipinski definition) is 2. The summed E-state index contributed by atoms with van der Waals surface area (Å²) < 4.78 is 38.1. The second-order valence-corrected chi connectivity index (χ2v) is 3.58. The number of rotatable bonds is 1. The summed E-state index contributed by atoms with van der Waals surface area (Å²) in [4.78, 5) is 24.4. The van der Waals surface area contributed by atoms with Crippen molar-refractivity contribution in [3.63, 3.8) is 0 Å². The van der Waals surface area contributed by atoms with Gasteiger partial charge in [-0.1, -0.05) is 6.07 Å². The Bertz CT molecular complexity index is 688. The lowest BCUT2D eigenvalue weighted by molar-refractivity contribution is -0.136. The fourth-order valence-electron chi connectivity index (χ4n) is 1.62. The van der Waals surface area contributed by atoms with E-state index in [1.165, 1.54) is 6.07 Å². The Morgan fingerprint density at radius 1 is 1.28 bits per heavy atom. The molecule has 18 heavy (non-hydrogen) atoms. The van der Waals surface area contributed by atoms with Crippen LogP contribution in [0, 0.1) is 0 Å². The summed E-state index contributed by atoms with van der Waals surface area (Å²) in [5.41, 5.74) is -2.94. The van der Waals surface area contributed by atoms with Gasteiger partial charge in [0, 0.05) is 11.5 Å². The van der Waals surface area contributed by atoms with Crippen LogP contribution >= 0.6 is 0 Å². The number of halogens is 3. The van der Waals surface area contributed by atoms with Crippen molar-refractivity contribution >= 4 is 16.9 Å². The van der Waals surface area contributed by atoms with Gasteiger partial charge in [-0.15, -0.1) is 0 Å². The van der Waals surface area contributed by atoms with E-state index in [4.69, 9.17) is 5.11 Å². The quantitative estimate of drug-likeness (QED) is 0.823. The minimum atomic E-state index is -4.67.